The van der Waals surface area contributed by atoms with Crippen molar-refractivity contribution in [2.75, 3.05) is 5.32 Å². The predicted octanol–water partition coefficient (Wildman–Crippen LogP) is 3.19. The van der Waals surface area contributed by atoms with Crippen molar-refractivity contribution in [3.05, 3.63) is 5.89 Å². The molecule has 0 saturated heterocycles. The summed E-state index contributed by atoms with van der Waals surface area (Å²) in [5.41, 5.74) is 0. The van der Waals surface area contributed by atoms with Gasteiger partial charge in [0, 0.05) is 6.04 Å². The van der Waals surface area contributed by atoms with Crippen LogP contribution in [-0.2, 0) is 5.88 Å². The monoisotopic (exact) mass is 243 g/mol. The van der Waals surface area contributed by atoms with Crippen molar-refractivity contribution in [2.24, 2.45) is 5.92 Å². The average Bonchev–Trinajstić information content (AvgIpc) is 2.63. The Morgan fingerprint density at radius 2 is 2.19 bits per heavy atom. The number of hydrogen-bond donors (Lipinski definition) is 1. The molecule has 0 aromatic carbocycles. The number of hydrogen-bond acceptors (Lipinski definition) is 4. The van der Waals surface area contributed by atoms with Gasteiger partial charge < -0.3 is 9.73 Å². The molecule has 1 N–H and O–H groups in total. The first-order chi connectivity index (χ1) is 7.78. The van der Waals surface area contributed by atoms with Gasteiger partial charge in [-0.2, -0.15) is 0 Å². The Morgan fingerprint density at radius 3 is 2.94 bits per heavy atom. The molecule has 1 aliphatic rings. The van der Waals surface area contributed by atoms with E-state index in [9.17, 15) is 0 Å². The Morgan fingerprint density at radius 1 is 1.31 bits per heavy atom. The summed E-state index contributed by atoms with van der Waals surface area (Å²) in [6.07, 6.45) is 6.24. The van der Waals surface area contributed by atoms with E-state index < -0.39 is 0 Å². The summed E-state index contributed by atoms with van der Waals surface area (Å²) in [6, 6.07) is 0.976. The van der Waals surface area contributed by atoms with Crippen LogP contribution in [0.15, 0.2) is 4.42 Å². The first-order valence-corrected chi connectivity index (χ1v) is 6.46. The lowest BCUT2D eigenvalue weighted by molar-refractivity contribution is 0.492. The highest BCUT2D eigenvalue weighted by Crippen LogP contribution is 2.24. The molecule has 0 bridgehead atoms. The molecule has 4 nitrogen and oxygen atoms in total. The van der Waals surface area contributed by atoms with Crippen LogP contribution in [0.5, 0.6) is 0 Å². The van der Waals surface area contributed by atoms with E-state index in [0.29, 0.717) is 17.9 Å². The van der Waals surface area contributed by atoms with Crippen LogP contribution in [0.1, 0.15) is 44.9 Å². The second-order valence-corrected chi connectivity index (χ2v) is 4.86. The molecule has 1 fully saturated rings. The number of rotatable bonds is 3. The lowest BCUT2D eigenvalue weighted by atomic mass is 10.0. The summed E-state index contributed by atoms with van der Waals surface area (Å²) in [7, 11) is 0. The molecule has 2 atom stereocenters. The van der Waals surface area contributed by atoms with Crippen LogP contribution < -0.4 is 5.32 Å². The van der Waals surface area contributed by atoms with Crippen molar-refractivity contribution in [3.63, 3.8) is 0 Å². The van der Waals surface area contributed by atoms with Gasteiger partial charge in [-0.15, -0.1) is 16.7 Å². The number of anilines is 1. The Labute approximate surface area is 101 Å². The molecular formula is C11H18ClN3O. The molecule has 90 valence electrons. The van der Waals surface area contributed by atoms with E-state index in [1.165, 1.54) is 32.1 Å². The largest absolute Gasteiger partial charge is 0.407 e. The molecule has 2 unspecified atom stereocenters. The number of nitrogens with zero attached hydrogens (tertiary/aromatic N) is 2. The maximum absolute atomic E-state index is 5.60. The third-order valence-electron chi connectivity index (χ3n) is 3.17. The minimum absolute atomic E-state index is 0.274. The molecule has 1 saturated carbocycles. The Balaban J connectivity index is 1.88. The van der Waals surface area contributed by atoms with Gasteiger partial charge in [0.05, 0.1) is 0 Å². The van der Waals surface area contributed by atoms with Crippen LogP contribution in [0.2, 0.25) is 0 Å². The van der Waals surface area contributed by atoms with Crippen molar-refractivity contribution >= 4 is 17.6 Å². The van der Waals surface area contributed by atoms with Gasteiger partial charge in [0.15, 0.2) is 0 Å². The normalized spacial score (nSPS) is 26.4. The fourth-order valence-corrected chi connectivity index (χ4v) is 2.28. The van der Waals surface area contributed by atoms with Gasteiger partial charge in [-0.1, -0.05) is 24.9 Å². The van der Waals surface area contributed by atoms with Gasteiger partial charge in [0.2, 0.25) is 5.89 Å². The van der Waals surface area contributed by atoms with E-state index in [1.807, 2.05) is 0 Å². The molecule has 0 radical (unpaired) electrons. The van der Waals surface area contributed by atoms with Crippen molar-refractivity contribution in [3.8, 4) is 0 Å². The molecule has 16 heavy (non-hydrogen) atoms. The zero-order chi connectivity index (χ0) is 11.4. The Bertz CT molecular complexity index is 329. The summed E-state index contributed by atoms with van der Waals surface area (Å²) in [4.78, 5) is 0. The van der Waals surface area contributed by atoms with Crippen molar-refractivity contribution in [2.45, 2.75) is 50.9 Å². The van der Waals surface area contributed by atoms with Gasteiger partial charge in [-0.3, -0.25) is 0 Å². The molecule has 5 heteroatoms. The molecule has 2 rings (SSSR count). The SMILES string of the molecule is CC1CCCC(Nc2nnc(CCl)o2)CC1. The van der Waals surface area contributed by atoms with Crippen LogP contribution in [-0.4, -0.2) is 16.2 Å². The first-order valence-electron chi connectivity index (χ1n) is 5.93. The molecule has 0 spiro atoms. The van der Waals surface area contributed by atoms with Crippen LogP contribution in [0, 0.1) is 5.92 Å². The summed E-state index contributed by atoms with van der Waals surface area (Å²) >= 11 is 5.60. The van der Waals surface area contributed by atoms with Crippen LogP contribution >= 0.6 is 11.6 Å². The third kappa shape index (κ3) is 3.11. The molecular weight excluding hydrogens is 226 g/mol. The number of halogens is 1. The molecule has 1 aliphatic carbocycles. The molecule has 1 aromatic heterocycles. The smallest absolute Gasteiger partial charge is 0.315 e. The van der Waals surface area contributed by atoms with Gasteiger partial charge >= 0.3 is 6.01 Å². The standard InChI is InChI=1S/C11H18ClN3O/c1-8-3-2-4-9(6-5-8)13-11-15-14-10(7-12)16-11/h8-9H,2-7H2,1H3,(H,13,15). The van der Waals surface area contributed by atoms with Gasteiger partial charge in [0.25, 0.3) is 0 Å². The minimum Gasteiger partial charge on any atom is -0.407 e. The zero-order valence-electron chi connectivity index (χ0n) is 9.58. The Kier molecular flexibility index (Phi) is 4.04. The molecule has 0 aliphatic heterocycles. The lowest BCUT2D eigenvalue weighted by Crippen LogP contribution is -2.18. The number of nitrogens with one attached hydrogen (secondary N) is 1. The highest BCUT2D eigenvalue weighted by atomic mass is 35.5. The summed E-state index contributed by atoms with van der Waals surface area (Å²) in [5.74, 6) is 1.59. The predicted molar refractivity (Wildman–Crippen MR) is 63.5 cm³/mol. The van der Waals surface area contributed by atoms with Crippen molar-refractivity contribution in [1.29, 1.82) is 0 Å². The summed E-state index contributed by atoms with van der Waals surface area (Å²) in [6.45, 7) is 2.32. The molecule has 1 aromatic rings. The first kappa shape index (κ1) is 11.7. The highest BCUT2D eigenvalue weighted by molar-refractivity contribution is 6.16. The number of alkyl halides is 1. The molecule has 0 amide bonds. The van der Waals surface area contributed by atoms with Crippen LogP contribution in [0.4, 0.5) is 6.01 Å². The van der Waals surface area contributed by atoms with Crippen molar-refractivity contribution in [1.82, 2.24) is 10.2 Å². The quantitative estimate of drug-likeness (QED) is 0.654. The average molecular weight is 244 g/mol. The third-order valence-corrected chi connectivity index (χ3v) is 3.39. The van der Waals surface area contributed by atoms with Crippen LogP contribution in [0.3, 0.4) is 0 Å². The van der Waals surface area contributed by atoms with Gasteiger partial charge in [0.1, 0.15) is 5.88 Å². The zero-order valence-corrected chi connectivity index (χ0v) is 10.3. The fourth-order valence-electron chi connectivity index (χ4n) is 2.17. The lowest BCUT2D eigenvalue weighted by Gasteiger charge is -2.13. The van der Waals surface area contributed by atoms with Gasteiger partial charge in [-0.05, 0) is 25.2 Å². The van der Waals surface area contributed by atoms with E-state index in [4.69, 9.17) is 16.0 Å². The van der Waals surface area contributed by atoms with Gasteiger partial charge in [-0.25, -0.2) is 0 Å². The van der Waals surface area contributed by atoms with E-state index in [-0.39, 0.29) is 5.88 Å². The topological polar surface area (TPSA) is 51.0 Å². The van der Waals surface area contributed by atoms with Crippen molar-refractivity contribution < 1.29 is 4.42 Å². The number of aromatic nitrogens is 2. The Hall–Kier alpha value is -0.770. The maximum atomic E-state index is 5.60. The van der Waals surface area contributed by atoms with E-state index in [1.54, 1.807) is 0 Å². The van der Waals surface area contributed by atoms with E-state index >= 15 is 0 Å². The minimum atomic E-state index is 0.274. The van der Waals surface area contributed by atoms with Crippen LogP contribution in [0.25, 0.3) is 0 Å². The second-order valence-electron chi connectivity index (χ2n) is 4.59. The van der Waals surface area contributed by atoms with E-state index in [0.717, 1.165) is 5.92 Å². The summed E-state index contributed by atoms with van der Waals surface area (Å²) in [5, 5.41) is 11.0. The van der Waals surface area contributed by atoms with E-state index in [2.05, 4.69) is 22.4 Å². The maximum Gasteiger partial charge on any atom is 0.315 e. The fraction of sp³-hybridized carbons (Fsp3) is 0.818. The molecule has 1 heterocycles. The highest BCUT2D eigenvalue weighted by Gasteiger charge is 2.17. The second kappa shape index (κ2) is 5.53. The summed E-state index contributed by atoms with van der Waals surface area (Å²) < 4.78 is 5.34.